The van der Waals surface area contributed by atoms with Gasteiger partial charge in [0.15, 0.2) is 0 Å². The largest absolute Gasteiger partial charge is 0.399 e. The van der Waals surface area contributed by atoms with Crippen LogP contribution in [0, 0.1) is 0 Å². The molecule has 0 atom stereocenters. The Hall–Kier alpha value is -2.11. The molecule has 18 heavy (non-hydrogen) atoms. The Morgan fingerprint density at radius 2 is 2.22 bits per heavy atom. The van der Waals surface area contributed by atoms with Crippen LogP contribution in [0.25, 0.3) is 0 Å². The molecule has 6 nitrogen and oxygen atoms in total. The number of carbonyl (C=O) groups excluding carboxylic acids is 2. The SMILES string of the molecule is CN1CCCN(C(=O)c2cc(N)ccn2)CC1=O. The number of nitrogens with zero attached hydrogens (tertiary/aromatic N) is 3. The Bertz CT molecular complexity index is 475. The predicted molar refractivity (Wildman–Crippen MR) is 66.8 cm³/mol. The highest BCUT2D eigenvalue weighted by Crippen LogP contribution is 2.09. The molecule has 0 unspecified atom stereocenters. The van der Waals surface area contributed by atoms with Crippen molar-refractivity contribution < 1.29 is 9.59 Å². The van der Waals surface area contributed by atoms with Gasteiger partial charge in [0, 0.05) is 32.0 Å². The predicted octanol–water partition coefficient (Wildman–Crippen LogP) is -0.0319. The van der Waals surface area contributed by atoms with Crippen LogP contribution in [0.4, 0.5) is 5.69 Å². The molecular weight excluding hydrogens is 232 g/mol. The molecule has 0 saturated carbocycles. The fourth-order valence-corrected chi connectivity index (χ4v) is 1.89. The quantitative estimate of drug-likeness (QED) is 0.756. The zero-order valence-electron chi connectivity index (χ0n) is 10.3. The molecule has 0 aromatic carbocycles. The fraction of sp³-hybridized carbons (Fsp3) is 0.417. The van der Waals surface area contributed by atoms with Crippen LogP contribution in [0.1, 0.15) is 16.9 Å². The van der Waals surface area contributed by atoms with Crippen LogP contribution < -0.4 is 5.73 Å². The van der Waals surface area contributed by atoms with Crippen LogP contribution in [-0.4, -0.2) is 53.3 Å². The number of pyridine rings is 1. The van der Waals surface area contributed by atoms with Gasteiger partial charge >= 0.3 is 0 Å². The summed E-state index contributed by atoms with van der Waals surface area (Å²) in [6.07, 6.45) is 2.27. The number of aromatic nitrogens is 1. The minimum Gasteiger partial charge on any atom is -0.399 e. The zero-order chi connectivity index (χ0) is 13.1. The fourth-order valence-electron chi connectivity index (χ4n) is 1.89. The van der Waals surface area contributed by atoms with E-state index in [9.17, 15) is 9.59 Å². The van der Waals surface area contributed by atoms with Gasteiger partial charge in [-0.25, -0.2) is 0 Å². The third-order valence-corrected chi connectivity index (χ3v) is 2.96. The monoisotopic (exact) mass is 248 g/mol. The van der Waals surface area contributed by atoms with Crippen LogP contribution in [-0.2, 0) is 4.79 Å². The highest BCUT2D eigenvalue weighted by atomic mass is 16.2. The first-order valence-corrected chi connectivity index (χ1v) is 5.82. The number of hydrogen-bond donors (Lipinski definition) is 1. The molecule has 1 saturated heterocycles. The molecule has 1 aliphatic rings. The van der Waals surface area contributed by atoms with Crippen LogP contribution >= 0.6 is 0 Å². The van der Waals surface area contributed by atoms with Crippen molar-refractivity contribution in [2.24, 2.45) is 0 Å². The molecule has 6 heteroatoms. The van der Waals surface area contributed by atoms with Crippen molar-refractivity contribution in [1.29, 1.82) is 0 Å². The first kappa shape index (κ1) is 12.3. The molecule has 1 aromatic rings. The van der Waals surface area contributed by atoms with E-state index in [0.717, 1.165) is 6.42 Å². The summed E-state index contributed by atoms with van der Waals surface area (Å²) in [4.78, 5) is 31.1. The van der Waals surface area contributed by atoms with Gasteiger partial charge in [-0.3, -0.25) is 14.6 Å². The van der Waals surface area contributed by atoms with Crippen molar-refractivity contribution in [3.8, 4) is 0 Å². The van der Waals surface area contributed by atoms with E-state index in [2.05, 4.69) is 4.98 Å². The van der Waals surface area contributed by atoms with Crippen molar-refractivity contribution in [1.82, 2.24) is 14.8 Å². The Labute approximate surface area is 105 Å². The molecule has 96 valence electrons. The van der Waals surface area contributed by atoms with Gasteiger partial charge in [-0.2, -0.15) is 0 Å². The summed E-state index contributed by atoms with van der Waals surface area (Å²) < 4.78 is 0. The molecule has 0 spiro atoms. The van der Waals surface area contributed by atoms with E-state index in [-0.39, 0.29) is 24.1 Å². The van der Waals surface area contributed by atoms with Crippen LogP contribution in [0.2, 0.25) is 0 Å². The smallest absolute Gasteiger partial charge is 0.272 e. The third-order valence-electron chi connectivity index (χ3n) is 2.96. The minimum absolute atomic E-state index is 0.0512. The number of amides is 2. The molecule has 0 aliphatic carbocycles. The van der Waals surface area contributed by atoms with Gasteiger partial charge in [0.25, 0.3) is 5.91 Å². The Balaban J connectivity index is 2.16. The number of nitrogen functional groups attached to an aromatic ring is 1. The molecule has 2 N–H and O–H groups in total. The maximum Gasteiger partial charge on any atom is 0.272 e. The molecule has 1 fully saturated rings. The van der Waals surface area contributed by atoms with Gasteiger partial charge in [-0.05, 0) is 18.6 Å². The van der Waals surface area contributed by atoms with E-state index < -0.39 is 0 Å². The molecule has 2 heterocycles. The normalized spacial score (nSPS) is 16.6. The highest BCUT2D eigenvalue weighted by molar-refractivity contribution is 5.95. The Morgan fingerprint density at radius 3 is 2.94 bits per heavy atom. The van der Waals surface area contributed by atoms with Crippen LogP contribution in [0.3, 0.4) is 0 Å². The lowest BCUT2D eigenvalue weighted by molar-refractivity contribution is -0.129. The summed E-state index contributed by atoms with van der Waals surface area (Å²) in [6, 6.07) is 3.15. The molecule has 0 bridgehead atoms. The first-order valence-electron chi connectivity index (χ1n) is 5.82. The molecule has 2 amide bonds. The second-order valence-corrected chi connectivity index (χ2v) is 4.37. The van der Waals surface area contributed by atoms with Gasteiger partial charge in [0.05, 0.1) is 0 Å². The van der Waals surface area contributed by atoms with E-state index >= 15 is 0 Å². The summed E-state index contributed by atoms with van der Waals surface area (Å²) in [5, 5.41) is 0. The number of carbonyl (C=O) groups is 2. The lowest BCUT2D eigenvalue weighted by atomic mass is 10.2. The van der Waals surface area contributed by atoms with E-state index in [1.54, 1.807) is 18.0 Å². The minimum atomic E-state index is -0.244. The average Bonchev–Trinajstić information content (AvgIpc) is 2.51. The van der Waals surface area contributed by atoms with Crippen molar-refractivity contribution in [3.63, 3.8) is 0 Å². The number of anilines is 1. The van der Waals surface area contributed by atoms with Gasteiger partial charge in [-0.15, -0.1) is 0 Å². The first-order chi connectivity index (χ1) is 8.58. The van der Waals surface area contributed by atoms with Gasteiger partial charge in [0.1, 0.15) is 12.2 Å². The van der Waals surface area contributed by atoms with E-state index in [0.29, 0.717) is 18.8 Å². The van der Waals surface area contributed by atoms with Crippen molar-refractivity contribution >= 4 is 17.5 Å². The van der Waals surface area contributed by atoms with Crippen LogP contribution in [0.15, 0.2) is 18.3 Å². The van der Waals surface area contributed by atoms with E-state index in [4.69, 9.17) is 5.73 Å². The molecular formula is C12H16N4O2. The van der Waals surface area contributed by atoms with Crippen LogP contribution in [0.5, 0.6) is 0 Å². The Kier molecular flexibility index (Phi) is 3.45. The summed E-state index contributed by atoms with van der Waals surface area (Å²) in [7, 11) is 1.75. The maximum absolute atomic E-state index is 12.2. The zero-order valence-corrected chi connectivity index (χ0v) is 10.3. The lowest BCUT2D eigenvalue weighted by Gasteiger charge is -2.19. The second-order valence-electron chi connectivity index (χ2n) is 4.37. The third kappa shape index (κ3) is 2.58. The van der Waals surface area contributed by atoms with Gasteiger partial charge in [0.2, 0.25) is 5.91 Å². The number of hydrogen-bond acceptors (Lipinski definition) is 4. The Morgan fingerprint density at radius 1 is 1.44 bits per heavy atom. The summed E-state index contributed by atoms with van der Waals surface area (Å²) in [5.74, 6) is -0.296. The van der Waals surface area contributed by atoms with E-state index in [1.165, 1.54) is 17.2 Å². The highest BCUT2D eigenvalue weighted by Gasteiger charge is 2.24. The number of rotatable bonds is 1. The maximum atomic E-state index is 12.2. The molecule has 0 radical (unpaired) electrons. The number of nitrogens with two attached hydrogens (primary N) is 1. The average molecular weight is 248 g/mol. The van der Waals surface area contributed by atoms with Crippen molar-refractivity contribution in [3.05, 3.63) is 24.0 Å². The summed E-state index contributed by atoms with van der Waals surface area (Å²) >= 11 is 0. The van der Waals surface area contributed by atoms with Crippen molar-refractivity contribution in [2.75, 3.05) is 32.4 Å². The van der Waals surface area contributed by atoms with Gasteiger partial charge in [-0.1, -0.05) is 0 Å². The number of likely N-dealkylation sites (N-methyl/N-ethyl adjacent to an activating group) is 1. The molecule has 1 aliphatic heterocycles. The van der Waals surface area contributed by atoms with Gasteiger partial charge < -0.3 is 15.5 Å². The molecule has 1 aromatic heterocycles. The standard InChI is InChI=1S/C12H16N4O2/c1-15-5-2-6-16(8-11(15)17)12(18)10-7-9(13)3-4-14-10/h3-4,7H,2,5-6,8H2,1H3,(H2,13,14). The summed E-state index contributed by atoms with van der Waals surface area (Å²) in [5.41, 5.74) is 6.40. The molecule has 2 rings (SSSR count). The summed E-state index contributed by atoms with van der Waals surface area (Å²) in [6.45, 7) is 1.34. The second kappa shape index (κ2) is 5.03. The van der Waals surface area contributed by atoms with Crippen molar-refractivity contribution in [2.45, 2.75) is 6.42 Å². The topological polar surface area (TPSA) is 79.5 Å². The van der Waals surface area contributed by atoms with E-state index in [1.807, 2.05) is 0 Å². The lowest BCUT2D eigenvalue weighted by Crippen LogP contribution is -2.38.